The molecule has 4 nitrogen and oxygen atoms in total. The van der Waals surface area contributed by atoms with Crippen LogP contribution < -0.4 is 5.32 Å². The summed E-state index contributed by atoms with van der Waals surface area (Å²) in [5.74, 6) is 0. The van der Waals surface area contributed by atoms with Crippen molar-refractivity contribution in [2.75, 3.05) is 45.8 Å². The van der Waals surface area contributed by atoms with Crippen LogP contribution in [0.5, 0.6) is 0 Å². The van der Waals surface area contributed by atoms with Crippen LogP contribution in [0.2, 0.25) is 0 Å². The lowest BCUT2D eigenvalue weighted by atomic mass is 9.67. The summed E-state index contributed by atoms with van der Waals surface area (Å²) < 4.78 is 0. The molecule has 3 aliphatic rings. The molecule has 0 unspecified atom stereocenters. The molecule has 2 saturated heterocycles. The van der Waals surface area contributed by atoms with Crippen molar-refractivity contribution in [2.45, 2.75) is 51.0 Å². The van der Waals surface area contributed by atoms with Gasteiger partial charge in [-0.05, 0) is 81.1 Å². The smallest absolute Gasteiger partial charge is 0.0270 e. The van der Waals surface area contributed by atoms with Crippen LogP contribution in [-0.4, -0.2) is 66.6 Å². The molecule has 154 valence electrons. The number of piperidine rings is 1. The van der Waals surface area contributed by atoms with E-state index in [2.05, 4.69) is 32.2 Å². The molecule has 1 spiro atoms. The number of pyridine rings is 1. The number of piperazine rings is 1. The maximum atomic E-state index is 4.11. The summed E-state index contributed by atoms with van der Waals surface area (Å²) in [6, 6.07) is 5.16. The van der Waals surface area contributed by atoms with Gasteiger partial charge in [0.15, 0.2) is 0 Å². The van der Waals surface area contributed by atoms with Gasteiger partial charge in [0.1, 0.15) is 0 Å². The molecule has 0 bridgehead atoms. The van der Waals surface area contributed by atoms with Crippen molar-refractivity contribution in [3.63, 3.8) is 0 Å². The third-order valence-electron chi connectivity index (χ3n) is 7.07. The molecule has 1 saturated carbocycles. The summed E-state index contributed by atoms with van der Waals surface area (Å²) >= 11 is 0. The second-order valence-corrected chi connectivity index (χ2v) is 8.46. The lowest BCUT2D eigenvalue weighted by Crippen LogP contribution is -2.52. The van der Waals surface area contributed by atoms with Gasteiger partial charge in [-0.3, -0.25) is 9.88 Å². The van der Waals surface area contributed by atoms with Crippen molar-refractivity contribution in [1.82, 2.24) is 20.1 Å². The van der Waals surface area contributed by atoms with Gasteiger partial charge >= 0.3 is 0 Å². The summed E-state index contributed by atoms with van der Waals surface area (Å²) in [5.41, 5.74) is 2.12. The average Bonchev–Trinajstić information content (AvgIpc) is 2.69. The zero-order chi connectivity index (χ0) is 17.0. The third-order valence-corrected chi connectivity index (χ3v) is 7.07. The quantitative estimate of drug-likeness (QED) is 0.817. The highest BCUT2D eigenvalue weighted by molar-refractivity contribution is 5.85. The Kier molecular flexibility index (Phi) is 9.30. The highest BCUT2D eigenvalue weighted by atomic mass is 35.5. The Morgan fingerprint density at radius 3 is 2.19 bits per heavy atom. The summed E-state index contributed by atoms with van der Waals surface area (Å²) in [6.45, 7) is 8.73. The first-order chi connectivity index (χ1) is 12.3. The number of nitrogens with zero attached hydrogens (tertiary/aromatic N) is 3. The molecule has 3 fully saturated rings. The van der Waals surface area contributed by atoms with Crippen LogP contribution in [0, 0.1) is 5.41 Å². The first kappa shape index (κ1) is 22.9. The second kappa shape index (κ2) is 11.0. The topological polar surface area (TPSA) is 31.4 Å². The van der Waals surface area contributed by atoms with Crippen LogP contribution in [0.15, 0.2) is 24.5 Å². The molecule has 1 aliphatic carbocycles. The van der Waals surface area contributed by atoms with Crippen molar-refractivity contribution >= 4 is 24.8 Å². The lowest BCUT2D eigenvalue weighted by Gasteiger charge is -2.47. The fraction of sp³-hybridized carbons (Fsp3) is 0.762. The standard InChI is InChI=1S/C21H34N4.2ClH/c1-6-21(8-12-23-13-9-21)7-2-20(1)25-17-15-24(16-18-25)14-5-19-3-10-22-11-4-19;;/h3-4,10-11,20,23H,1-2,5-9,12-18H2;2*1H. The number of aromatic nitrogens is 1. The molecular formula is C21H36Cl2N4. The van der Waals surface area contributed by atoms with Gasteiger partial charge in [-0.2, -0.15) is 0 Å². The fourth-order valence-electron chi connectivity index (χ4n) is 5.23. The summed E-state index contributed by atoms with van der Waals surface area (Å²) in [5, 5.41) is 3.54. The zero-order valence-electron chi connectivity index (χ0n) is 16.4. The molecule has 27 heavy (non-hydrogen) atoms. The lowest BCUT2D eigenvalue weighted by molar-refractivity contribution is 0.0368. The normalized spacial score (nSPS) is 24.1. The van der Waals surface area contributed by atoms with E-state index in [1.807, 2.05) is 12.4 Å². The predicted molar refractivity (Wildman–Crippen MR) is 117 cm³/mol. The highest BCUT2D eigenvalue weighted by Crippen LogP contribution is 2.44. The average molecular weight is 415 g/mol. The Balaban J connectivity index is 0.00000131. The van der Waals surface area contributed by atoms with E-state index in [1.165, 1.54) is 89.9 Å². The number of hydrogen-bond donors (Lipinski definition) is 1. The fourth-order valence-corrected chi connectivity index (χ4v) is 5.23. The van der Waals surface area contributed by atoms with Crippen molar-refractivity contribution in [3.05, 3.63) is 30.1 Å². The van der Waals surface area contributed by atoms with Gasteiger partial charge in [0.2, 0.25) is 0 Å². The SMILES string of the molecule is Cl.Cl.c1cc(CCN2CCN(C3CCC4(CCNCC4)CC3)CC2)ccn1. The Bertz CT molecular complexity index is 518. The van der Waals surface area contributed by atoms with Crippen molar-refractivity contribution < 1.29 is 0 Å². The molecule has 0 atom stereocenters. The highest BCUT2D eigenvalue weighted by Gasteiger charge is 2.38. The van der Waals surface area contributed by atoms with Crippen LogP contribution in [0.4, 0.5) is 0 Å². The Morgan fingerprint density at radius 1 is 0.926 bits per heavy atom. The van der Waals surface area contributed by atoms with Gasteiger partial charge in [-0.25, -0.2) is 0 Å². The minimum atomic E-state index is 0. The van der Waals surface area contributed by atoms with E-state index < -0.39 is 0 Å². The van der Waals surface area contributed by atoms with E-state index in [0.29, 0.717) is 5.41 Å². The molecule has 0 radical (unpaired) electrons. The van der Waals surface area contributed by atoms with E-state index in [1.54, 1.807) is 0 Å². The van der Waals surface area contributed by atoms with E-state index in [9.17, 15) is 0 Å². The Morgan fingerprint density at radius 2 is 1.56 bits per heavy atom. The molecule has 1 aromatic heterocycles. The van der Waals surface area contributed by atoms with Gasteiger partial charge in [0, 0.05) is 51.2 Å². The van der Waals surface area contributed by atoms with Crippen molar-refractivity contribution in [2.24, 2.45) is 5.41 Å². The Labute approximate surface area is 177 Å². The summed E-state index contributed by atoms with van der Waals surface area (Å²) in [6.07, 6.45) is 13.6. The van der Waals surface area contributed by atoms with Gasteiger partial charge < -0.3 is 10.2 Å². The predicted octanol–water partition coefficient (Wildman–Crippen LogP) is 3.40. The number of rotatable bonds is 4. The van der Waals surface area contributed by atoms with Crippen LogP contribution >= 0.6 is 24.8 Å². The number of halogens is 2. The Hall–Kier alpha value is -0.390. The first-order valence-corrected chi connectivity index (χ1v) is 10.4. The third kappa shape index (κ3) is 6.04. The minimum Gasteiger partial charge on any atom is -0.317 e. The molecule has 1 aromatic rings. The second-order valence-electron chi connectivity index (χ2n) is 8.46. The van der Waals surface area contributed by atoms with Gasteiger partial charge in [-0.15, -0.1) is 24.8 Å². The number of hydrogen-bond acceptors (Lipinski definition) is 4. The first-order valence-electron chi connectivity index (χ1n) is 10.4. The zero-order valence-corrected chi connectivity index (χ0v) is 18.1. The molecule has 1 N–H and O–H groups in total. The van der Waals surface area contributed by atoms with E-state index in [4.69, 9.17) is 0 Å². The molecule has 0 amide bonds. The number of nitrogens with one attached hydrogen (secondary N) is 1. The largest absolute Gasteiger partial charge is 0.317 e. The van der Waals surface area contributed by atoms with E-state index in [-0.39, 0.29) is 24.8 Å². The van der Waals surface area contributed by atoms with Gasteiger partial charge in [0.25, 0.3) is 0 Å². The van der Waals surface area contributed by atoms with Gasteiger partial charge in [-0.1, -0.05) is 0 Å². The van der Waals surface area contributed by atoms with E-state index >= 15 is 0 Å². The molecule has 2 aliphatic heterocycles. The molecule has 3 heterocycles. The maximum absolute atomic E-state index is 4.11. The van der Waals surface area contributed by atoms with Crippen LogP contribution in [-0.2, 0) is 6.42 Å². The maximum Gasteiger partial charge on any atom is 0.0270 e. The molecule has 4 rings (SSSR count). The van der Waals surface area contributed by atoms with Crippen molar-refractivity contribution in [1.29, 1.82) is 0 Å². The van der Waals surface area contributed by atoms with Crippen molar-refractivity contribution in [3.8, 4) is 0 Å². The van der Waals surface area contributed by atoms with Gasteiger partial charge in [0.05, 0.1) is 0 Å². The van der Waals surface area contributed by atoms with Crippen LogP contribution in [0.3, 0.4) is 0 Å². The van der Waals surface area contributed by atoms with E-state index in [0.717, 1.165) is 12.5 Å². The summed E-state index contributed by atoms with van der Waals surface area (Å²) in [4.78, 5) is 9.56. The molecular weight excluding hydrogens is 379 g/mol. The molecule has 6 heteroatoms. The summed E-state index contributed by atoms with van der Waals surface area (Å²) in [7, 11) is 0. The monoisotopic (exact) mass is 414 g/mol. The van der Waals surface area contributed by atoms with Crippen LogP contribution in [0.25, 0.3) is 0 Å². The molecule has 0 aromatic carbocycles. The van der Waals surface area contributed by atoms with Crippen LogP contribution in [0.1, 0.15) is 44.1 Å². The minimum absolute atomic E-state index is 0.